The molecule has 2 amide bonds. The Bertz CT molecular complexity index is 622. The molecule has 5 nitrogen and oxygen atoms in total. The molecule has 0 N–H and O–H groups in total. The van der Waals surface area contributed by atoms with Crippen LogP contribution in [0.3, 0.4) is 0 Å². The summed E-state index contributed by atoms with van der Waals surface area (Å²) in [6.45, 7) is 2.13. The van der Waals surface area contributed by atoms with Crippen molar-refractivity contribution in [1.29, 1.82) is 0 Å². The fourth-order valence-corrected chi connectivity index (χ4v) is 3.06. The summed E-state index contributed by atoms with van der Waals surface area (Å²) in [5.41, 5.74) is 0.570. The van der Waals surface area contributed by atoms with E-state index in [1.54, 1.807) is 11.0 Å². The van der Waals surface area contributed by atoms with Crippen LogP contribution in [0.4, 0.5) is 0 Å². The smallest absolute Gasteiger partial charge is 0.258 e. The molecule has 2 saturated carbocycles. The number of rotatable bonds is 5. The van der Waals surface area contributed by atoms with E-state index in [0.29, 0.717) is 43.0 Å². The number of benzene rings is 1. The average molecular weight is 314 g/mol. The molecule has 1 aromatic rings. The van der Waals surface area contributed by atoms with Gasteiger partial charge in [0.05, 0.1) is 12.2 Å². The first-order valence-electron chi connectivity index (χ1n) is 8.53. The Morgan fingerprint density at radius 2 is 1.91 bits per heavy atom. The highest BCUT2D eigenvalue weighted by Crippen LogP contribution is 2.31. The maximum Gasteiger partial charge on any atom is 0.258 e. The first-order valence-corrected chi connectivity index (χ1v) is 8.53. The van der Waals surface area contributed by atoms with Gasteiger partial charge in [-0.3, -0.25) is 9.59 Å². The monoisotopic (exact) mass is 314 g/mol. The number of carbonyl (C=O) groups excluding carboxylic acids is 2. The van der Waals surface area contributed by atoms with E-state index in [1.807, 2.05) is 23.1 Å². The number of piperazine rings is 1. The lowest BCUT2D eigenvalue weighted by atomic mass is 10.1. The van der Waals surface area contributed by atoms with E-state index in [0.717, 1.165) is 12.8 Å². The van der Waals surface area contributed by atoms with Crippen molar-refractivity contribution in [1.82, 2.24) is 9.80 Å². The van der Waals surface area contributed by atoms with Crippen LogP contribution < -0.4 is 4.74 Å². The zero-order chi connectivity index (χ0) is 15.8. The van der Waals surface area contributed by atoms with Gasteiger partial charge in [0.1, 0.15) is 12.3 Å². The Morgan fingerprint density at radius 3 is 2.61 bits per heavy atom. The predicted octanol–water partition coefficient (Wildman–Crippen LogP) is 1.92. The third-order valence-electron chi connectivity index (χ3n) is 4.82. The van der Waals surface area contributed by atoms with Gasteiger partial charge < -0.3 is 14.5 Å². The average Bonchev–Trinajstić information content (AvgIpc) is 3.46. The lowest BCUT2D eigenvalue weighted by molar-refractivity contribution is -0.135. The summed E-state index contributed by atoms with van der Waals surface area (Å²) in [4.78, 5) is 28.6. The van der Waals surface area contributed by atoms with Crippen LogP contribution in [0.5, 0.6) is 5.75 Å². The van der Waals surface area contributed by atoms with Crippen molar-refractivity contribution in [2.45, 2.75) is 31.7 Å². The highest BCUT2D eigenvalue weighted by molar-refractivity contribution is 5.99. The first kappa shape index (κ1) is 14.5. The maximum absolute atomic E-state index is 12.8. The Balaban J connectivity index is 1.44. The topological polar surface area (TPSA) is 49.9 Å². The van der Waals surface area contributed by atoms with Crippen molar-refractivity contribution in [2.75, 3.05) is 26.2 Å². The molecule has 1 aliphatic heterocycles. The van der Waals surface area contributed by atoms with E-state index in [-0.39, 0.29) is 18.4 Å². The molecule has 1 saturated heterocycles. The summed E-state index contributed by atoms with van der Waals surface area (Å²) in [7, 11) is 0. The van der Waals surface area contributed by atoms with Crippen LogP contribution in [0.15, 0.2) is 24.3 Å². The van der Waals surface area contributed by atoms with Crippen LogP contribution in [-0.4, -0.2) is 53.9 Å². The van der Waals surface area contributed by atoms with Crippen LogP contribution in [0.2, 0.25) is 0 Å². The van der Waals surface area contributed by atoms with Crippen molar-refractivity contribution >= 4 is 11.8 Å². The van der Waals surface area contributed by atoms with E-state index in [9.17, 15) is 9.59 Å². The number of amides is 2. The molecule has 3 aliphatic rings. The number of nitrogens with zero attached hydrogens (tertiary/aromatic N) is 2. The molecule has 23 heavy (non-hydrogen) atoms. The van der Waals surface area contributed by atoms with Gasteiger partial charge in [-0.2, -0.15) is 0 Å². The summed E-state index contributed by atoms with van der Waals surface area (Å²) in [5, 5.41) is 0. The number of carbonyl (C=O) groups is 2. The van der Waals surface area contributed by atoms with E-state index < -0.39 is 0 Å². The van der Waals surface area contributed by atoms with Gasteiger partial charge in [-0.15, -0.1) is 0 Å². The molecule has 0 radical (unpaired) electrons. The van der Waals surface area contributed by atoms with E-state index in [4.69, 9.17) is 4.74 Å². The van der Waals surface area contributed by atoms with Crippen molar-refractivity contribution in [2.24, 2.45) is 5.92 Å². The van der Waals surface area contributed by atoms with Crippen LogP contribution in [0, 0.1) is 5.92 Å². The number of para-hydroxylation sites is 1. The second-order valence-electron chi connectivity index (χ2n) is 6.80. The zero-order valence-electron chi connectivity index (χ0n) is 13.2. The summed E-state index contributed by atoms with van der Waals surface area (Å²) in [6, 6.07) is 7.79. The molecule has 0 unspecified atom stereocenters. The summed E-state index contributed by atoms with van der Waals surface area (Å²) in [5.74, 6) is 1.26. The second kappa shape index (κ2) is 5.87. The van der Waals surface area contributed by atoms with E-state index in [2.05, 4.69) is 0 Å². The SMILES string of the molecule is O=C(c1ccccc1OCC1CC1)N1CCN(C2CC2)C(=O)C1. The third kappa shape index (κ3) is 3.19. The van der Waals surface area contributed by atoms with Crippen LogP contribution in [-0.2, 0) is 4.79 Å². The third-order valence-corrected chi connectivity index (χ3v) is 4.82. The predicted molar refractivity (Wildman–Crippen MR) is 85.3 cm³/mol. The molecule has 4 rings (SSSR count). The van der Waals surface area contributed by atoms with Crippen molar-refractivity contribution in [3.63, 3.8) is 0 Å². The van der Waals surface area contributed by atoms with Crippen LogP contribution in [0.1, 0.15) is 36.0 Å². The highest BCUT2D eigenvalue weighted by atomic mass is 16.5. The zero-order valence-corrected chi connectivity index (χ0v) is 13.2. The molecule has 1 aromatic carbocycles. The van der Waals surface area contributed by atoms with Crippen LogP contribution in [0.25, 0.3) is 0 Å². The Labute approximate surface area is 136 Å². The van der Waals surface area contributed by atoms with Gasteiger partial charge in [0.2, 0.25) is 5.91 Å². The minimum atomic E-state index is -0.0970. The van der Waals surface area contributed by atoms with Crippen molar-refractivity contribution in [3.8, 4) is 5.75 Å². The van der Waals surface area contributed by atoms with Crippen molar-refractivity contribution < 1.29 is 14.3 Å². The molecule has 2 aliphatic carbocycles. The maximum atomic E-state index is 12.8. The Kier molecular flexibility index (Phi) is 3.71. The summed E-state index contributed by atoms with van der Waals surface area (Å²) in [6.07, 6.45) is 4.65. The molecule has 3 fully saturated rings. The lowest BCUT2D eigenvalue weighted by Gasteiger charge is -2.34. The molecule has 0 aromatic heterocycles. The molecule has 5 heteroatoms. The molecular formula is C18H22N2O3. The summed E-state index contributed by atoms with van der Waals surface area (Å²) >= 11 is 0. The van der Waals surface area contributed by atoms with E-state index >= 15 is 0 Å². The molecule has 0 bridgehead atoms. The quantitative estimate of drug-likeness (QED) is 0.834. The molecular weight excluding hydrogens is 292 g/mol. The Hall–Kier alpha value is -2.04. The number of hydrogen-bond donors (Lipinski definition) is 0. The minimum absolute atomic E-state index is 0.0727. The van der Waals surface area contributed by atoms with Gasteiger partial charge >= 0.3 is 0 Å². The first-order chi connectivity index (χ1) is 11.2. The van der Waals surface area contributed by atoms with Crippen molar-refractivity contribution in [3.05, 3.63) is 29.8 Å². The second-order valence-corrected chi connectivity index (χ2v) is 6.80. The van der Waals surface area contributed by atoms with Gasteiger partial charge in [0.25, 0.3) is 5.91 Å². The number of ether oxygens (including phenoxy) is 1. The fraction of sp³-hybridized carbons (Fsp3) is 0.556. The molecule has 0 spiro atoms. The normalized spacial score (nSPS) is 21.5. The van der Waals surface area contributed by atoms with Gasteiger partial charge in [0.15, 0.2) is 0 Å². The fourth-order valence-electron chi connectivity index (χ4n) is 3.06. The van der Waals surface area contributed by atoms with E-state index in [1.165, 1.54) is 12.8 Å². The molecule has 0 atom stereocenters. The number of hydrogen-bond acceptors (Lipinski definition) is 3. The van der Waals surface area contributed by atoms with Gasteiger partial charge in [0, 0.05) is 19.1 Å². The minimum Gasteiger partial charge on any atom is -0.492 e. The van der Waals surface area contributed by atoms with Gasteiger partial charge in [-0.25, -0.2) is 0 Å². The lowest BCUT2D eigenvalue weighted by Crippen LogP contribution is -2.52. The largest absolute Gasteiger partial charge is 0.492 e. The molecule has 1 heterocycles. The highest BCUT2D eigenvalue weighted by Gasteiger charge is 2.37. The molecule has 122 valence electrons. The van der Waals surface area contributed by atoms with Gasteiger partial charge in [-0.1, -0.05) is 12.1 Å². The standard InChI is InChI=1S/C18H22N2O3/c21-17-11-19(9-10-20(17)14-7-8-14)18(22)15-3-1-2-4-16(15)23-12-13-5-6-13/h1-4,13-14H,5-12H2. The summed E-state index contributed by atoms with van der Waals surface area (Å²) < 4.78 is 5.83. The van der Waals surface area contributed by atoms with Crippen LogP contribution >= 0.6 is 0 Å². The van der Waals surface area contributed by atoms with Gasteiger partial charge in [-0.05, 0) is 43.7 Å². The Morgan fingerprint density at radius 1 is 1.13 bits per heavy atom.